The number of amides is 1. The molecule has 1 unspecified atom stereocenters. The lowest BCUT2D eigenvalue weighted by Gasteiger charge is -2.31. The van der Waals surface area contributed by atoms with E-state index in [0.29, 0.717) is 35.8 Å². The first kappa shape index (κ1) is 21.0. The van der Waals surface area contributed by atoms with E-state index in [1.165, 1.54) is 4.90 Å². The minimum Gasteiger partial charge on any atom is -0.481 e. The van der Waals surface area contributed by atoms with E-state index in [-0.39, 0.29) is 30.7 Å². The number of nitrogens with zero attached hydrogens (tertiary/aromatic N) is 3. The number of benzene rings is 1. The number of ketones is 1. The summed E-state index contributed by atoms with van der Waals surface area (Å²) >= 11 is 5.93. The van der Waals surface area contributed by atoms with Crippen molar-refractivity contribution in [1.29, 1.82) is 0 Å². The maximum Gasteiger partial charge on any atom is 0.306 e. The fraction of sp³-hybridized carbons (Fsp3) is 0.429. The highest BCUT2D eigenvalue weighted by molar-refractivity contribution is 6.30. The molecule has 29 heavy (non-hydrogen) atoms. The van der Waals surface area contributed by atoms with E-state index in [2.05, 4.69) is 5.10 Å². The molecule has 0 bridgehead atoms. The number of aliphatic carboxylic acids is 1. The minimum absolute atomic E-state index is 0.0589. The van der Waals surface area contributed by atoms with Gasteiger partial charge in [-0.25, -0.2) is 0 Å². The topological polar surface area (TPSA) is 92.5 Å². The molecule has 154 valence electrons. The van der Waals surface area contributed by atoms with Crippen molar-refractivity contribution in [1.82, 2.24) is 14.7 Å². The van der Waals surface area contributed by atoms with Crippen molar-refractivity contribution in [2.75, 3.05) is 13.1 Å². The van der Waals surface area contributed by atoms with Crippen LogP contribution in [0.15, 0.2) is 30.3 Å². The van der Waals surface area contributed by atoms with Gasteiger partial charge in [0.2, 0.25) is 0 Å². The second kappa shape index (κ2) is 8.78. The Balaban J connectivity index is 1.75. The molecule has 2 atom stereocenters. The van der Waals surface area contributed by atoms with Gasteiger partial charge >= 0.3 is 5.97 Å². The summed E-state index contributed by atoms with van der Waals surface area (Å²) < 4.78 is 1.68. The Morgan fingerprint density at radius 3 is 2.62 bits per heavy atom. The van der Waals surface area contributed by atoms with Crippen molar-refractivity contribution >= 4 is 29.3 Å². The first-order valence-electron chi connectivity index (χ1n) is 9.69. The third kappa shape index (κ3) is 4.67. The largest absolute Gasteiger partial charge is 0.481 e. The SMILES string of the molecule is CCCC(CC(=O)CN1C[C@H](C)n2nc(-c3ccc(Cl)cc3)cc2C1=O)C(=O)O. The van der Waals surface area contributed by atoms with Gasteiger partial charge in [0.1, 0.15) is 5.69 Å². The van der Waals surface area contributed by atoms with E-state index in [9.17, 15) is 19.5 Å². The van der Waals surface area contributed by atoms with Gasteiger partial charge in [-0.3, -0.25) is 19.1 Å². The van der Waals surface area contributed by atoms with E-state index in [0.717, 1.165) is 5.56 Å². The van der Waals surface area contributed by atoms with Crippen molar-refractivity contribution in [2.24, 2.45) is 5.92 Å². The molecule has 1 amide bonds. The maximum absolute atomic E-state index is 12.9. The molecule has 2 aromatic rings. The molecule has 0 radical (unpaired) electrons. The van der Waals surface area contributed by atoms with E-state index >= 15 is 0 Å². The number of hydrogen-bond acceptors (Lipinski definition) is 4. The summed E-state index contributed by atoms with van der Waals surface area (Å²) in [4.78, 5) is 38.1. The average Bonchev–Trinajstić information content (AvgIpc) is 3.12. The second-order valence-corrected chi connectivity index (χ2v) is 7.90. The summed E-state index contributed by atoms with van der Waals surface area (Å²) in [6.07, 6.45) is 1.08. The van der Waals surface area contributed by atoms with Crippen LogP contribution in [0, 0.1) is 5.92 Å². The Kier molecular flexibility index (Phi) is 6.37. The van der Waals surface area contributed by atoms with Crippen molar-refractivity contribution < 1.29 is 19.5 Å². The molecule has 3 rings (SSSR count). The van der Waals surface area contributed by atoms with Crippen LogP contribution in [-0.4, -0.2) is 50.5 Å². The van der Waals surface area contributed by atoms with Crippen LogP contribution in [0.3, 0.4) is 0 Å². The summed E-state index contributed by atoms with van der Waals surface area (Å²) in [5.74, 6) is -2.18. The minimum atomic E-state index is -0.968. The number of carboxylic acid groups (broad SMARTS) is 1. The van der Waals surface area contributed by atoms with Crippen LogP contribution in [-0.2, 0) is 9.59 Å². The molecule has 0 saturated carbocycles. The second-order valence-electron chi connectivity index (χ2n) is 7.47. The average molecular weight is 418 g/mol. The Morgan fingerprint density at radius 2 is 2.00 bits per heavy atom. The van der Waals surface area contributed by atoms with E-state index in [1.807, 2.05) is 26.0 Å². The monoisotopic (exact) mass is 417 g/mol. The highest BCUT2D eigenvalue weighted by Crippen LogP contribution is 2.27. The zero-order valence-corrected chi connectivity index (χ0v) is 17.2. The van der Waals surface area contributed by atoms with Gasteiger partial charge in [-0.15, -0.1) is 0 Å². The van der Waals surface area contributed by atoms with E-state index < -0.39 is 11.9 Å². The van der Waals surface area contributed by atoms with Crippen LogP contribution in [0.1, 0.15) is 49.6 Å². The van der Waals surface area contributed by atoms with Gasteiger partial charge in [0.25, 0.3) is 5.91 Å². The van der Waals surface area contributed by atoms with Crippen LogP contribution in [0.5, 0.6) is 0 Å². The summed E-state index contributed by atoms with van der Waals surface area (Å²) in [6.45, 7) is 4.09. The van der Waals surface area contributed by atoms with Gasteiger partial charge in [-0.1, -0.05) is 37.1 Å². The smallest absolute Gasteiger partial charge is 0.306 e. The van der Waals surface area contributed by atoms with Gasteiger partial charge in [0, 0.05) is 23.6 Å². The number of aromatic nitrogens is 2. The van der Waals surface area contributed by atoms with Gasteiger partial charge in [0.15, 0.2) is 5.78 Å². The third-order valence-electron chi connectivity index (χ3n) is 5.11. The summed E-state index contributed by atoms with van der Waals surface area (Å²) in [6, 6.07) is 8.83. The molecule has 1 N–H and O–H groups in total. The first-order chi connectivity index (χ1) is 13.8. The van der Waals surface area contributed by atoms with Crippen molar-refractivity contribution in [3.8, 4) is 11.3 Å². The van der Waals surface area contributed by atoms with E-state index in [4.69, 9.17) is 11.6 Å². The van der Waals surface area contributed by atoms with Crippen LogP contribution in [0.4, 0.5) is 0 Å². The zero-order chi connectivity index (χ0) is 21.1. The predicted molar refractivity (Wildman–Crippen MR) is 109 cm³/mol. The standard InChI is InChI=1S/C21H24ClN3O4/c1-3-4-15(21(28)29)9-17(26)12-24-11-13(2)25-19(20(24)27)10-18(23-25)14-5-7-16(22)8-6-14/h5-8,10,13,15H,3-4,9,11-12H2,1-2H3,(H,28,29)/t13-,15?/m0/s1. The molecule has 1 aromatic heterocycles. The number of fused-ring (bicyclic) bond motifs is 1. The fourth-order valence-electron chi connectivity index (χ4n) is 3.64. The molecule has 1 aliphatic heterocycles. The fourth-order valence-corrected chi connectivity index (χ4v) is 3.77. The van der Waals surface area contributed by atoms with Crippen molar-refractivity contribution in [3.05, 3.63) is 41.0 Å². The summed E-state index contributed by atoms with van der Waals surface area (Å²) in [5, 5.41) is 14.4. The lowest BCUT2D eigenvalue weighted by Crippen LogP contribution is -2.45. The van der Waals surface area contributed by atoms with Crippen molar-refractivity contribution in [2.45, 2.75) is 39.2 Å². The maximum atomic E-state index is 12.9. The van der Waals surface area contributed by atoms with E-state index in [1.54, 1.807) is 22.9 Å². The van der Waals surface area contributed by atoms with Crippen LogP contribution < -0.4 is 0 Å². The molecule has 0 fully saturated rings. The first-order valence-corrected chi connectivity index (χ1v) is 10.1. The van der Waals surface area contributed by atoms with Gasteiger partial charge in [0.05, 0.1) is 24.2 Å². The summed E-state index contributed by atoms with van der Waals surface area (Å²) in [5.41, 5.74) is 1.94. The van der Waals surface area contributed by atoms with Gasteiger partial charge in [-0.05, 0) is 31.5 Å². The molecular formula is C21H24ClN3O4. The third-order valence-corrected chi connectivity index (χ3v) is 5.36. The molecular weight excluding hydrogens is 394 g/mol. The number of hydrogen-bond donors (Lipinski definition) is 1. The number of Topliss-reactive ketones (excluding diaryl/α,β-unsaturated/α-hetero) is 1. The molecule has 0 saturated heterocycles. The Bertz CT molecular complexity index is 923. The quantitative estimate of drug-likeness (QED) is 0.707. The molecule has 1 aliphatic rings. The molecule has 1 aromatic carbocycles. The normalized spacial score (nSPS) is 17.1. The van der Waals surface area contributed by atoms with Gasteiger partial charge < -0.3 is 10.0 Å². The number of rotatable bonds is 8. The highest BCUT2D eigenvalue weighted by atomic mass is 35.5. The highest BCUT2D eigenvalue weighted by Gasteiger charge is 2.32. The molecule has 8 heteroatoms. The molecule has 7 nitrogen and oxygen atoms in total. The molecule has 0 aliphatic carbocycles. The Hall–Kier alpha value is -2.67. The molecule has 0 spiro atoms. The Labute approximate surface area is 174 Å². The zero-order valence-electron chi connectivity index (χ0n) is 16.5. The Morgan fingerprint density at radius 1 is 1.31 bits per heavy atom. The molecule has 2 heterocycles. The lowest BCUT2D eigenvalue weighted by molar-refractivity contribution is -0.144. The van der Waals surface area contributed by atoms with Gasteiger partial charge in [-0.2, -0.15) is 5.10 Å². The number of carbonyl (C=O) groups excluding carboxylic acids is 2. The number of halogens is 1. The van der Waals surface area contributed by atoms with Crippen LogP contribution in [0.25, 0.3) is 11.3 Å². The van der Waals surface area contributed by atoms with Crippen molar-refractivity contribution in [3.63, 3.8) is 0 Å². The summed E-state index contributed by atoms with van der Waals surface area (Å²) in [7, 11) is 0. The predicted octanol–water partition coefficient (Wildman–Crippen LogP) is 3.68. The number of carboxylic acids is 1. The van der Waals surface area contributed by atoms with Crippen LogP contribution in [0.2, 0.25) is 5.02 Å². The lowest BCUT2D eigenvalue weighted by atomic mass is 9.97. The number of carbonyl (C=O) groups is 3. The van der Waals surface area contributed by atoms with Crippen LogP contribution >= 0.6 is 11.6 Å².